The molecule has 0 bridgehead atoms. The minimum absolute atomic E-state index is 0.113. The third-order valence-electron chi connectivity index (χ3n) is 3.71. The molecule has 1 aliphatic heterocycles. The molecule has 1 heterocycles. The third-order valence-corrected chi connectivity index (χ3v) is 3.71. The summed E-state index contributed by atoms with van der Waals surface area (Å²) in [6, 6.07) is 0. The Bertz CT molecular complexity index is 256. The molecule has 0 spiro atoms. The Hall–Kier alpha value is -0.610. The van der Waals surface area contributed by atoms with Crippen LogP contribution in [0.4, 0.5) is 0 Å². The Morgan fingerprint density at radius 3 is 2.83 bits per heavy atom. The van der Waals surface area contributed by atoms with Gasteiger partial charge in [-0.1, -0.05) is 20.8 Å². The molecule has 2 N–H and O–H groups in total. The number of aliphatic hydroxyl groups excluding tert-OH is 1. The van der Waals surface area contributed by atoms with Gasteiger partial charge in [0.05, 0.1) is 12.6 Å². The molecule has 0 radical (unpaired) electrons. The second-order valence-corrected chi connectivity index (χ2v) is 5.79. The van der Waals surface area contributed by atoms with Gasteiger partial charge < -0.3 is 10.4 Å². The predicted molar refractivity (Wildman–Crippen MR) is 73.3 cm³/mol. The normalized spacial score (nSPS) is 25.4. The summed E-state index contributed by atoms with van der Waals surface area (Å²) in [5, 5.41) is 12.8. The highest BCUT2D eigenvalue weighted by Gasteiger charge is 2.27. The van der Waals surface area contributed by atoms with Crippen LogP contribution in [0.2, 0.25) is 0 Å². The molecule has 1 fully saturated rings. The fourth-order valence-corrected chi connectivity index (χ4v) is 2.40. The van der Waals surface area contributed by atoms with Crippen molar-refractivity contribution in [3.05, 3.63) is 0 Å². The van der Waals surface area contributed by atoms with E-state index in [4.69, 9.17) is 0 Å². The lowest BCUT2D eigenvalue weighted by Gasteiger charge is -2.35. The second kappa shape index (κ2) is 7.74. The highest BCUT2D eigenvalue weighted by molar-refractivity contribution is 5.77. The van der Waals surface area contributed by atoms with Crippen LogP contribution in [0.1, 0.15) is 40.0 Å². The van der Waals surface area contributed by atoms with Crippen molar-refractivity contribution in [3.63, 3.8) is 0 Å². The second-order valence-electron chi connectivity index (χ2n) is 5.79. The van der Waals surface area contributed by atoms with Crippen LogP contribution in [0.15, 0.2) is 0 Å². The van der Waals surface area contributed by atoms with Gasteiger partial charge in [0.25, 0.3) is 0 Å². The third kappa shape index (κ3) is 5.36. The van der Waals surface area contributed by atoms with Crippen LogP contribution in [-0.2, 0) is 4.79 Å². The Balaban J connectivity index is 2.23. The van der Waals surface area contributed by atoms with Gasteiger partial charge in [-0.15, -0.1) is 0 Å². The molecule has 2 unspecified atom stereocenters. The topological polar surface area (TPSA) is 52.6 Å². The Morgan fingerprint density at radius 1 is 1.50 bits per heavy atom. The zero-order valence-electron chi connectivity index (χ0n) is 12.0. The maximum Gasteiger partial charge on any atom is 0.234 e. The summed E-state index contributed by atoms with van der Waals surface area (Å²) in [7, 11) is 0. The number of rotatable bonds is 6. The van der Waals surface area contributed by atoms with E-state index in [2.05, 4.69) is 31.0 Å². The van der Waals surface area contributed by atoms with Crippen molar-refractivity contribution in [2.24, 2.45) is 11.8 Å². The molecule has 106 valence electrons. The van der Waals surface area contributed by atoms with E-state index in [1.807, 2.05) is 0 Å². The number of hydrogen-bond acceptors (Lipinski definition) is 3. The lowest BCUT2D eigenvalue weighted by molar-refractivity contribution is -0.123. The number of likely N-dealkylation sites (tertiary alicyclic amines) is 1. The predicted octanol–water partition coefficient (Wildman–Crippen LogP) is 1.24. The summed E-state index contributed by atoms with van der Waals surface area (Å²) in [5.74, 6) is 1.06. The monoisotopic (exact) mass is 256 g/mol. The zero-order chi connectivity index (χ0) is 13.5. The van der Waals surface area contributed by atoms with Crippen LogP contribution in [0, 0.1) is 11.8 Å². The minimum atomic E-state index is -0.185. The SMILES string of the molecule is CCC1CN(CC(=O)NCCC(C)C)CCC1O. The summed E-state index contributed by atoms with van der Waals surface area (Å²) in [6.45, 7) is 9.32. The molecule has 0 aliphatic carbocycles. The fraction of sp³-hybridized carbons (Fsp3) is 0.929. The van der Waals surface area contributed by atoms with E-state index in [0.717, 1.165) is 38.9 Å². The van der Waals surface area contributed by atoms with Crippen molar-refractivity contribution in [2.75, 3.05) is 26.2 Å². The first-order valence-electron chi connectivity index (χ1n) is 7.20. The number of nitrogens with zero attached hydrogens (tertiary/aromatic N) is 1. The molecular formula is C14H28N2O2. The van der Waals surface area contributed by atoms with Gasteiger partial charge in [-0.3, -0.25) is 9.69 Å². The van der Waals surface area contributed by atoms with Crippen LogP contribution in [0.3, 0.4) is 0 Å². The van der Waals surface area contributed by atoms with E-state index in [-0.39, 0.29) is 12.0 Å². The first-order valence-corrected chi connectivity index (χ1v) is 7.20. The van der Waals surface area contributed by atoms with E-state index in [1.165, 1.54) is 0 Å². The Kier molecular flexibility index (Phi) is 6.65. The zero-order valence-corrected chi connectivity index (χ0v) is 12.0. The summed E-state index contributed by atoms with van der Waals surface area (Å²) in [4.78, 5) is 13.9. The number of aliphatic hydroxyl groups is 1. The van der Waals surface area contributed by atoms with Crippen LogP contribution >= 0.6 is 0 Å². The van der Waals surface area contributed by atoms with Gasteiger partial charge in [0, 0.05) is 19.6 Å². The molecule has 0 aromatic carbocycles. The summed E-state index contributed by atoms with van der Waals surface area (Å²) in [6.07, 6.45) is 2.61. The average Bonchev–Trinajstić information content (AvgIpc) is 2.31. The molecule has 1 amide bonds. The van der Waals surface area contributed by atoms with Crippen LogP contribution in [0.25, 0.3) is 0 Å². The van der Waals surface area contributed by atoms with E-state index in [0.29, 0.717) is 18.4 Å². The first-order chi connectivity index (χ1) is 8.52. The standard InChI is InChI=1S/C14H28N2O2/c1-4-12-9-16(8-6-13(12)17)10-14(18)15-7-5-11(2)3/h11-13,17H,4-10H2,1-3H3,(H,15,18). The van der Waals surface area contributed by atoms with E-state index >= 15 is 0 Å². The number of carbonyl (C=O) groups excluding carboxylic acids is 1. The molecule has 1 saturated heterocycles. The summed E-state index contributed by atoms with van der Waals surface area (Å²) in [5.41, 5.74) is 0. The van der Waals surface area contributed by atoms with Crippen molar-refractivity contribution in [1.29, 1.82) is 0 Å². The molecule has 1 aliphatic rings. The number of hydrogen-bond donors (Lipinski definition) is 2. The van der Waals surface area contributed by atoms with E-state index in [1.54, 1.807) is 0 Å². The largest absolute Gasteiger partial charge is 0.393 e. The average molecular weight is 256 g/mol. The lowest BCUT2D eigenvalue weighted by Crippen LogP contribution is -2.47. The summed E-state index contributed by atoms with van der Waals surface area (Å²) >= 11 is 0. The number of amides is 1. The quantitative estimate of drug-likeness (QED) is 0.752. The van der Waals surface area contributed by atoms with Crippen molar-refractivity contribution in [3.8, 4) is 0 Å². The van der Waals surface area contributed by atoms with E-state index < -0.39 is 0 Å². The molecule has 4 nitrogen and oxygen atoms in total. The molecular weight excluding hydrogens is 228 g/mol. The molecule has 0 aromatic heterocycles. The maximum atomic E-state index is 11.8. The molecule has 0 saturated carbocycles. The van der Waals surface area contributed by atoms with Gasteiger partial charge in [0.2, 0.25) is 5.91 Å². The van der Waals surface area contributed by atoms with Crippen molar-refractivity contribution in [1.82, 2.24) is 10.2 Å². The number of piperidine rings is 1. The molecule has 18 heavy (non-hydrogen) atoms. The lowest BCUT2D eigenvalue weighted by atomic mass is 9.92. The molecule has 1 rings (SSSR count). The van der Waals surface area contributed by atoms with Gasteiger partial charge in [0.15, 0.2) is 0 Å². The molecule has 2 atom stereocenters. The Morgan fingerprint density at radius 2 is 2.22 bits per heavy atom. The highest BCUT2D eigenvalue weighted by atomic mass is 16.3. The van der Waals surface area contributed by atoms with Crippen LogP contribution < -0.4 is 5.32 Å². The smallest absolute Gasteiger partial charge is 0.234 e. The van der Waals surface area contributed by atoms with Gasteiger partial charge in [-0.05, 0) is 31.1 Å². The van der Waals surface area contributed by atoms with Gasteiger partial charge in [0.1, 0.15) is 0 Å². The highest BCUT2D eigenvalue weighted by Crippen LogP contribution is 2.19. The van der Waals surface area contributed by atoms with E-state index in [9.17, 15) is 9.90 Å². The number of carbonyl (C=O) groups is 1. The summed E-state index contributed by atoms with van der Waals surface area (Å²) < 4.78 is 0. The van der Waals surface area contributed by atoms with Crippen molar-refractivity contribution < 1.29 is 9.90 Å². The van der Waals surface area contributed by atoms with Crippen LogP contribution in [0.5, 0.6) is 0 Å². The van der Waals surface area contributed by atoms with Gasteiger partial charge >= 0.3 is 0 Å². The molecule has 4 heteroatoms. The number of nitrogens with one attached hydrogen (secondary N) is 1. The maximum absolute atomic E-state index is 11.8. The minimum Gasteiger partial charge on any atom is -0.393 e. The van der Waals surface area contributed by atoms with Crippen molar-refractivity contribution >= 4 is 5.91 Å². The Labute approximate surface area is 111 Å². The first kappa shape index (κ1) is 15.4. The van der Waals surface area contributed by atoms with Crippen molar-refractivity contribution in [2.45, 2.75) is 46.1 Å². The van der Waals surface area contributed by atoms with Gasteiger partial charge in [-0.2, -0.15) is 0 Å². The molecule has 0 aromatic rings. The van der Waals surface area contributed by atoms with Crippen LogP contribution in [-0.4, -0.2) is 48.2 Å². The fourth-order valence-electron chi connectivity index (χ4n) is 2.40. The van der Waals surface area contributed by atoms with Gasteiger partial charge in [-0.25, -0.2) is 0 Å².